The van der Waals surface area contributed by atoms with Crippen molar-refractivity contribution in [2.24, 2.45) is 0 Å². The van der Waals surface area contributed by atoms with Gasteiger partial charge in [0.1, 0.15) is 4.64 Å². The predicted molar refractivity (Wildman–Crippen MR) is 65.4 cm³/mol. The van der Waals surface area contributed by atoms with Crippen LogP contribution >= 0.6 is 12.2 Å². The van der Waals surface area contributed by atoms with Crippen LogP contribution in [0.3, 0.4) is 0 Å². The van der Waals surface area contributed by atoms with Crippen LogP contribution in [0.25, 0.3) is 0 Å². The topological polar surface area (TPSA) is 19.0 Å². The van der Waals surface area contributed by atoms with Crippen molar-refractivity contribution in [1.29, 1.82) is 0 Å². The normalized spacial score (nSPS) is 22.5. The Morgan fingerprint density at radius 3 is 3.00 bits per heavy atom. The lowest BCUT2D eigenvalue weighted by Gasteiger charge is -2.28. The van der Waals surface area contributed by atoms with Gasteiger partial charge in [-0.05, 0) is 39.3 Å². The van der Waals surface area contributed by atoms with Gasteiger partial charge in [-0.3, -0.25) is 4.90 Å². The SMILES string of the molecule is CC(C)N1CCC[C@@H]1c1ccc[nH]c1=S. The minimum atomic E-state index is 0.523. The van der Waals surface area contributed by atoms with Gasteiger partial charge in [-0.25, -0.2) is 0 Å². The summed E-state index contributed by atoms with van der Waals surface area (Å²) in [5.74, 6) is 0. The molecule has 1 aromatic heterocycles. The van der Waals surface area contributed by atoms with E-state index < -0.39 is 0 Å². The van der Waals surface area contributed by atoms with E-state index in [9.17, 15) is 0 Å². The number of pyridine rings is 1. The minimum absolute atomic E-state index is 0.523. The maximum Gasteiger partial charge on any atom is 0.108 e. The highest BCUT2D eigenvalue weighted by molar-refractivity contribution is 7.71. The molecule has 0 amide bonds. The smallest absolute Gasteiger partial charge is 0.108 e. The highest BCUT2D eigenvalue weighted by Crippen LogP contribution is 2.33. The van der Waals surface area contributed by atoms with Gasteiger partial charge in [0.15, 0.2) is 0 Å². The number of nitrogens with one attached hydrogen (secondary N) is 1. The van der Waals surface area contributed by atoms with Gasteiger partial charge in [-0.15, -0.1) is 0 Å². The molecule has 0 aromatic carbocycles. The van der Waals surface area contributed by atoms with Crippen LogP contribution in [0.4, 0.5) is 0 Å². The van der Waals surface area contributed by atoms with Crippen molar-refractivity contribution < 1.29 is 0 Å². The Bertz CT molecular complexity index is 383. The van der Waals surface area contributed by atoms with Crippen LogP contribution < -0.4 is 0 Å². The molecular weight excluding hydrogens is 204 g/mol. The Morgan fingerprint density at radius 1 is 1.53 bits per heavy atom. The standard InChI is InChI=1S/C12H18N2S/c1-9(2)14-8-4-6-11(14)10-5-3-7-13-12(10)15/h3,5,7,9,11H,4,6,8H2,1-2H3,(H,13,15)/t11-/m1/s1. The van der Waals surface area contributed by atoms with E-state index in [1.807, 2.05) is 12.3 Å². The Balaban J connectivity index is 2.31. The van der Waals surface area contributed by atoms with Gasteiger partial charge in [0.2, 0.25) is 0 Å². The molecule has 1 saturated heterocycles. The molecule has 0 unspecified atom stereocenters. The second-order valence-corrected chi connectivity index (χ2v) is 4.85. The Hall–Kier alpha value is -0.670. The van der Waals surface area contributed by atoms with E-state index >= 15 is 0 Å². The summed E-state index contributed by atoms with van der Waals surface area (Å²) in [5, 5.41) is 0. The van der Waals surface area contributed by atoms with E-state index in [0.717, 1.165) is 4.64 Å². The van der Waals surface area contributed by atoms with Gasteiger partial charge in [0, 0.05) is 23.8 Å². The van der Waals surface area contributed by atoms with Gasteiger partial charge in [-0.2, -0.15) is 0 Å². The fraction of sp³-hybridized carbons (Fsp3) is 0.583. The molecule has 1 N–H and O–H groups in total. The van der Waals surface area contributed by atoms with Crippen LogP contribution in [-0.2, 0) is 0 Å². The van der Waals surface area contributed by atoms with Crippen LogP contribution in [-0.4, -0.2) is 22.5 Å². The maximum absolute atomic E-state index is 5.35. The average Bonchev–Trinajstić information content (AvgIpc) is 2.67. The third-order valence-corrected chi connectivity index (χ3v) is 3.52. The van der Waals surface area contributed by atoms with E-state index in [4.69, 9.17) is 12.2 Å². The monoisotopic (exact) mass is 222 g/mol. The maximum atomic E-state index is 5.35. The highest BCUT2D eigenvalue weighted by atomic mass is 32.1. The highest BCUT2D eigenvalue weighted by Gasteiger charge is 2.28. The first-order valence-corrected chi connectivity index (χ1v) is 6.04. The lowest BCUT2D eigenvalue weighted by atomic mass is 10.1. The van der Waals surface area contributed by atoms with Crippen LogP contribution in [0.5, 0.6) is 0 Å². The lowest BCUT2D eigenvalue weighted by molar-refractivity contribution is 0.205. The number of H-pyrrole nitrogens is 1. The van der Waals surface area contributed by atoms with E-state index in [1.54, 1.807) is 0 Å². The first kappa shape index (κ1) is 10.8. The Morgan fingerprint density at radius 2 is 2.33 bits per heavy atom. The first-order chi connectivity index (χ1) is 7.20. The van der Waals surface area contributed by atoms with E-state index in [2.05, 4.69) is 29.8 Å². The summed E-state index contributed by atoms with van der Waals surface area (Å²) in [4.78, 5) is 5.67. The summed E-state index contributed by atoms with van der Waals surface area (Å²) < 4.78 is 0.898. The zero-order chi connectivity index (χ0) is 10.8. The number of aromatic amines is 1. The second kappa shape index (κ2) is 4.45. The summed E-state index contributed by atoms with van der Waals surface area (Å²) in [7, 11) is 0. The van der Waals surface area contributed by atoms with Crippen LogP contribution in [0.2, 0.25) is 0 Å². The van der Waals surface area contributed by atoms with Crippen molar-refractivity contribution >= 4 is 12.2 Å². The van der Waals surface area contributed by atoms with Gasteiger partial charge >= 0.3 is 0 Å². The molecule has 1 atom stereocenters. The van der Waals surface area contributed by atoms with Crippen molar-refractivity contribution in [3.8, 4) is 0 Å². The summed E-state index contributed by atoms with van der Waals surface area (Å²) >= 11 is 5.35. The van der Waals surface area contributed by atoms with Crippen molar-refractivity contribution in [3.63, 3.8) is 0 Å². The summed E-state index contributed by atoms with van der Waals surface area (Å²) in [6.45, 7) is 5.72. The molecule has 15 heavy (non-hydrogen) atoms. The molecule has 2 rings (SSSR count). The second-order valence-electron chi connectivity index (χ2n) is 4.44. The van der Waals surface area contributed by atoms with Crippen LogP contribution in [0.1, 0.15) is 38.3 Å². The largest absolute Gasteiger partial charge is 0.353 e. The Kier molecular flexibility index (Phi) is 3.22. The molecule has 0 aliphatic carbocycles. The Labute approximate surface area is 96.3 Å². The molecule has 0 radical (unpaired) electrons. The van der Waals surface area contributed by atoms with E-state index in [0.29, 0.717) is 12.1 Å². The fourth-order valence-electron chi connectivity index (χ4n) is 2.44. The molecule has 1 fully saturated rings. The van der Waals surface area contributed by atoms with Crippen LogP contribution in [0.15, 0.2) is 18.3 Å². The molecule has 3 heteroatoms. The third kappa shape index (κ3) is 2.13. The number of hydrogen-bond donors (Lipinski definition) is 1. The molecule has 2 nitrogen and oxygen atoms in total. The number of hydrogen-bond acceptors (Lipinski definition) is 2. The summed E-state index contributed by atoms with van der Waals surface area (Å²) in [6.07, 6.45) is 4.42. The zero-order valence-corrected chi connectivity index (χ0v) is 10.2. The van der Waals surface area contributed by atoms with Crippen molar-refractivity contribution in [2.75, 3.05) is 6.54 Å². The quantitative estimate of drug-likeness (QED) is 0.774. The van der Waals surface area contributed by atoms with Crippen LogP contribution in [0, 0.1) is 4.64 Å². The lowest BCUT2D eigenvalue weighted by Crippen LogP contribution is -2.30. The molecule has 2 heterocycles. The van der Waals surface area contributed by atoms with Gasteiger partial charge < -0.3 is 4.98 Å². The van der Waals surface area contributed by atoms with Crippen molar-refractivity contribution in [3.05, 3.63) is 28.5 Å². The summed E-state index contributed by atoms with van der Waals surface area (Å²) in [6, 6.07) is 5.33. The zero-order valence-electron chi connectivity index (χ0n) is 9.36. The van der Waals surface area contributed by atoms with Gasteiger partial charge in [0.05, 0.1) is 0 Å². The first-order valence-electron chi connectivity index (χ1n) is 5.63. The molecular formula is C12H18N2S. The van der Waals surface area contributed by atoms with E-state index in [1.165, 1.54) is 24.9 Å². The molecule has 0 spiro atoms. The number of aromatic nitrogens is 1. The predicted octanol–water partition coefficient (Wildman–Crippen LogP) is 3.29. The molecule has 1 aliphatic rings. The molecule has 0 saturated carbocycles. The van der Waals surface area contributed by atoms with Crippen molar-refractivity contribution in [2.45, 2.75) is 38.8 Å². The number of nitrogens with zero attached hydrogens (tertiary/aromatic N) is 1. The molecule has 0 bridgehead atoms. The van der Waals surface area contributed by atoms with Gasteiger partial charge in [0.25, 0.3) is 0 Å². The minimum Gasteiger partial charge on any atom is -0.353 e. The number of likely N-dealkylation sites (tertiary alicyclic amines) is 1. The molecule has 82 valence electrons. The van der Waals surface area contributed by atoms with Gasteiger partial charge in [-0.1, -0.05) is 18.3 Å². The van der Waals surface area contributed by atoms with Crippen molar-refractivity contribution in [1.82, 2.24) is 9.88 Å². The van der Waals surface area contributed by atoms with E-state index in [-0.39, 0.29) is 0 Å². The molecule has 1 aromatic rings. The third-order valence-electron chi connectivity index (χ3n) is 3.17. The summed E-state index contributed by atoms with van der Waals surface area (Å²) in [5.41, 5.74) is 1.29. The number of rotatable bonds is 2. The molecule has 1 aliphatic heterocycles. The fourth-order valence-corrected chi connectivity index (χ4v) is 2.71. The average molecular weight is 222 g/mol.